The van der Waals surface area contributed by atoms with Gasteiger partial charge in [0.1, 0.15) is 22.8 Å². The summed E-state index contributed by atoms with van der Waals surface area (Å²) in [6, 6.07) is 10.8. The van der Waals surface area contributed by atoms with Gasteiger partial charge >= 0.3 is 0 Å². The largest absolute Gasteiger partial charge is 0.497 e. The van der Waals surface area contributed by atoms with Crippen LogP contribution in [0.4, 0.5) is 10.1 Å². The molecule has 0 bridgehead atoms. The molecule has 1 atom stereocenters. The summed E-state index contributed by atoms with van der Waals surface area (Å²) in [6.45, 7) is 2.15. The lowest BCUT2D eigenvalue weighted by molar-refractivity contribution is -0.133. The van der Waals surface area contributed by atoms with Crippen molar-refractivity contribution in [3.63, 3.8) is 0 Å². The van der Waals surface area contributed by atoms with Gasteiger partial charge < -0.3 is 24.8 Å². The molecule has 1 aliphatic carbocycles. The number of fused-ring (bicyclic) bond motifs is 1. The highest BCUT2D eigenvalue weighted by Gasteiger charge is 2.53. The molecule has 1 aliphatic heterocycles. The summed E-state index contributed by atoms with van der Waals surface area (Å²) < 4.78 is 20.1. The van der Waals surface area contributed by atoms with Crippen LogP contribution in [0, 0.1) is 5.82 Å². The maximum Gasteiger partial charge on any atom is 0.276 e. The summed E-state index contributed by atoms with van der Waals surface area (Å²) in [4.78, 5) is 46.0. The Morgan fingerprint density at radius 1 is 1.22 bits per heavy atom. The van der Waals surface area contributed by atoms with E-state index in [-0.39, 0.29) is 47.1 Å². The smallest absolute Gasteiger partial charge is 0.276 e. The zero-order valence-electron chi connectivity index (χ0n) is 20.3. The SMILES string of the molecule is COc1ccc(CNC(=O)[C@@]2(C)Cn3cnc(C(=O)Nc4ccc(F)cc4Cl)c3C(=O)N2C2CC2)cc1. The second-order valence-electron chi connectivity index (χ2n) is 9.36. The minimum absolute atomic E-state index is 0.0217. The van der Waals surface area contributed by atoms with Crippen molar-refractivity contribution < 1.29 is 23.5 Å². The number of carbonyl (C=O) groups is 3. The molecule has 2 aromatic carbocycles. The van der Waals surface area contributed by atoms with Gasteiger partial charge in [0.15, 0.2) is 5.69 Å². The van der Waals surface area contributed by atoms with Crippen molar-refractivity contribution in [3.8, 4) is 5.75 Å². The first-order valence-electron chi connectivity index (χ1n) is 11.8. The van der Waals surface area contributed by atoms with Crippen LogP contribution in [0.3, 0.4) is 0 Å². The molecule has 11 heteroatoms. The Hall–Kier alpha value is -3.92. The van der Waals surface area contributed by atoms with E-state index in [1.165, 1.54) is 23.0 Å². The highest BCUT2D eigenvalue weighted by atomic mass is 35.5. The van der Waals surface area contributed by atoms with Crippen molar-refractivity contribution in [2.45, 2.75) is 44.4 Å². The van der Waals surface area contributed by atoms with Crippen LogP contribution in [0.15, 0.2) is 48.8 Å². The Bertz CT molecular complexity index is 1390. The summed E-state index contributed by atoms with van der Waals surface area (Å²) >= 11 is 6.04. The van der Waals surface area contributed by atoms with E-state index in [2.05, 4.69) is 15.6 Å². The van der Waals surface area contributed by atoms with Gasteiger partial charge in [-0.1, -0.05) is 23.7 Å². The number of imidazole rings is 1. The van der Waals surface area contributed by atoms with Gasteiger partial charge in [0, 0.05) is 12.6 Å². The van der Waals surface area contributed by atoms with E-state index >= 15 is 0 Å². The molecule has 3 amide bonds. The predicted octanol–water partition coefficient (Wildman–Crippen LogP) is 3.63. The molecule has 5 rings (SSSR count). The van der Waals surface area contributed by atoms with Crippen molar-refractivity contribution in [2.75, 3.05) is 12.4 Å². The number of aromatic nitrogens is 2. The van der Waals surface area contributed by atoms with E-state index in [1.54, 1.807) is 18.9 Å². The monoisotopic (exact) mass is 525 g/mol. The third kappa shape index (κ3) is 4.64. The molecule has 2 heterocycles. The Kier molecular flexibility index (Phi) is 6.36. The molecular weight excluding hydrogens is 501 g/mol. The van der Waals surface area contributed by atoms with Crippen LogP contribution in [-0.4, -0.2) is 50.9 Å². The van der Waals surface area contributed by atoms with E-state index in [0.717, 1.165) is 24.5 Å². The fraction of sp³-hybridized carbons (Fsp3) is 0.308. The molecule has 0 spiro atoms. The molecule has 1 aromatic heterocycles. The molecule has 1 saturated carbocycles. The molecule has 192 valence electrons. The minimum Gasteiger partial charge on any atom is -0.497 e. The number of methoxy groups -OCH3 is 1. The van der Waals surface area contributed by atoms with E-state index < -0.39 is 23.2 Å². The van der Waals surface area contributed by atoms with Crippen LogP contribution in [0.25, 0.3) is 0 Å². The maximum atomic E-state index is 13.7. The fourth-order valence-corrected chi connectivity index (χ4v) is 4.82. The van der Waals surface area contributed by atoms with E-state index in [1.807, 2.05) is 24.3 Å². The lowest BCUT2D eigenvalue weighted by atomic mass is 9.93. The van der Waals surface area contributed by atoms with Crippen LogP contribution in [-0.2, 0) is 17.9 Å². The first-order valence-corrected chi connectivity index (χ1v) is 12.2. The zero-order valence-corrected chi connectivity index (χ0v) is 21.0. The van der Waals surface area contributed by atoms with Gasteiger partial charge in [-0.05, 0) is 55.7 Å². The lowest BCUT2D eigenvalue weighted by Gasteiger charge is -2.44. The van der Waals surface area contributed by atoms with E-state index in [4.69, 9.17) is 16.3 Å². The van der Waals surface area contributed by atoms with Gasteiger partial charge in [-0.3, -0.25) is 14.4 Å². The summed E-state index contributed by atoms with van der Waals surface area (Å²) in [5.74, 6) is -1.22. The first kappa shape index (κ1) is 24.8. The Labute approximate surface area is 217 Å². The Morgan fingerprint density at radius 3 is 2.59 bits per heavy atom. The molecule has 2 aliphatic rings. The van der Waals surface area contributed by atoms with E-state index in [0.29, 0.717) is 5.75 Å². The number of hydrogen-bond acceptors (Lipinski definition) is 5. The number of hydrogen-bond donors (Lipinski definition) is 2. The Morgan fingerprint density at radius 2 is 1.95 bits per heavy atom. The molecule has 0 saturated heterocycles. The molecular formula is C26H25ClFN5O4. The van der Waals surface area contributed by atoms with Crippen LogP contribution >= 0.6 is 11.6 Å². The molecule has 0 radical (unpaired) electrons. The zero-order chi connectivity index (χ0) is 26.3. The number of rotatable bonds is 7. The predicted molar refractivity (Wildman–Crippen MR) is 134 cm³/mol. The van der Waals surface area contributed by atoms with Crippen LogP contribution < -0.4 is 15.4 Å². The van der Waals surface area contributed by atoms with Crippen LogP contribution in [0.1, 0.15) is 46.3 Å². The van der Waals surface area contributed by atoms with Gasteiger partial charge in [0.2, 0.25) is 5.91 Å². The maximum absolute atomic E-state index is 13.7. The minimum atomic E-state index is -1.17. The van der Waals surface area contributed by atoms with Crippen molar-refractivity contribution in [1.82, 2.24) is 19.8 Å². The van der Waals surface area contributed by atoms with Crippen LogP contribution in [0.5, 0.6) is 5.75 Å². The average molecular weight is 526 g/mol. The van der Waals surface area contributed by atoms with Crippen LogP contribution in [0.2, 0.25) is 5.02 Å². The third-order valence-electron chi connectivity index (χ3n) is 6.68. The number of ether oxygens (including phenoxy) is 1. The highest BCUT2D eigenvalue weighted by molar-refractivity contribution is 6.34. The molecule has 1 fully saturated rings. The van der Waals surface area contributed by atoms with E-state index in [9.17, 15) is 18.8 Å². The number of nitrogens with one attached hydrogen (secondary N) is 2. The Balaban J connectivity index is 1.38. The fourth-order valence-electron chi connectivity index (χ4n) is 4.61. The molecule has 0 unspecified atom stereocenters. The standard InChI is InChI=1S/C26H25ClFN5O4/c1-26(25(36)29-12-15-3-8-18(37-2)9-4-15)13-32-14-30-21(22(32)24(35)33(26)17-6-7-17)23(34)31-20-10-5-16(28)11-19(20)27/h3-5,8-11,14,17H,6-7,12-13H2,1-2H3,(H,29,36)(H,31,34)/t26-/m1/s1. The van der Waals surface area contributed by atoms with Gasteiger partial charge in [-0.25, -0.2) is 9.37 Å². The second-order valence-corrected chi connectivity index (χ2v) is 9.77. The lowest BCUT2D eigenvalue weighted by Crippen LogP contribution is -2.64. The van der Waals surface area contributed by atoms with Crippen molar-refractivity contribution in [2.24, 2.45) is 0 Å². The van der Waals surface area contributed by atoms with Gasteiger partial charge in [0.05, 0.1) is 30.7 Å². The van der Waals surface area contributed by atoms with Gasteiger partial charge in [-0.15, -0.1) is 0 Å². The normalized spacial score (nSPS) is 18.8. The number of benzene rings is 2. The quantitative estimate of drug-likeness (QED) is 0.490. The topological polar surface area (TPSA) is 106 Å². The second kappa shape index (κ2) is 9.51. The summed E-state index contributed by atoms with van der Waals surface area (Å²) in [6.07, 6.45) is 2.93. The number of halogens is 2. The number of anilines is 1. The van der Waals surface area contributed by atoms with Crippen molar-refractivity contribution in [3.05, 3.63) is 76.6 Å². The summed E-state index contributed by atoms with van der Waals surface area (Å²) in [5, 5.41) is 5.56. The first-order chi connectivity index (χ1) is 17.7. The van der Waals surface area contributed by atoms with Crippen molar-refractivity contribution >= 4 is 35.0 Å². The third-order valence-corrected chi connectivity index (χ3v) is 6.99. The number of carbonyl (C=O) groups excluding carboxylic acids is 3. The van der Waals surface area contributed by atoms with Crippen molar-refractivity contribution in [1.29, 1.82) is 0 Å². The summed E-state index contributed by atoms with van der Waals surface area (Å²) in [5.41, 5.74) is -0.0776. The summed E-state index contributed by atoms with van der Waals surface area (Å²) in [7, 11) is 1.58. The molecule has 2 N–H and O–H groups in total. The molecule has 3 aromatic rings. The average Bonchev–Trinajstić information content (AvgIpc) is 3.62. The molecule has 9 nitrogen and oxygen atoms in total. The number of nitrogens with zero attached hydrogens (tertiary/aromatic N) is 3. The van der Waals surface area contributed by atoms with Gasteiger partial charge in [-0.2, -0.15) is 0 Å². The number of amides is 3. The molecule has 37 heavy (non-hydrogen) atoms. The highest BCUT2D eigenvalue weighted by Crippen LogP contribution is 2.39. The van der Waals surface area contributed by atoms with Gasteiger partial charge in [0.25, 0.3) is 11.8 Å².